The highest BCUT2D eigenvalue weighted by Gasteiger charge is 2.35. The fourth-order valence-corrected chi connectivity index (χ4v) is 3.05. The van der Waals surface area contributed by atoms with Crippen LogP contribution in [0.15, 0.2) is 48.5 Å². The van der Waals surface area contributed by atoms with Crippen LogP contribution in [0, 0.1) is 11.3 Å². The van der Waals surface area contributed by atoms with Crippen molar-refractivity contribution >= 4 is 17.7 Å². The monoisotopic (exact) mass is 361 g/mol. The Kier molecular flexibility index (Phi) is 5.32. The summed E-state index contributed by atoms with van der Waals surface area (Å²) >= 11 is 0. The van der Waals surface area contributed by atoms with Gasteiger partial charge in [-0.3, -0.25) is 19.3 Å². The van der Waals surface area contributed by atoms with Gasteiger partial charge >= 0.3 is 0 Å². The fourth-order valence-electron chi connectivity index (χ4n) is 3.05. The normalized spacial score (nSPS) is 12.7. The predicted molar refractivity (Wildman–Crippen MR) is 99.1 cm³/mol. The van der Waals surface area contributed by atoms with Gasteiger partial charge in [0.15, 0.2) is 0 Å². The Morgan fingerprint density at radius 1 is 1.07 bits per heavy atom. The number of carbonyl (C=O) groups is 3. The van der Waals surface area contributed by atoms with Gasteiger partial charge in [-0.15, -0.1) is 0 Å². The largest absolute Gasteiger partial charge is 0.341 e. The third-order valence-electron chi connectivity index (χ3n) is 4.59. The molecule has 6 nitrogen and oxygen atoms in total. The first-order valence-corrected chi connectivity index (χ1v) is 8.69. The van der Waals surface area contributed by atoms with Gasteiger partial charge < -0.3 is 4.90 Å². The van der Waals surface area contributed by atoms with E-state index in [1.807, 2.05) is 36.4 Å². The Bertz CT molecular complexity index is 931. The van der Waals surface area contributed by atoms with Crippen LogP contribution in [0.4, 0.5) is 0 Å². The van der Waals surface area contributed by atoms with Crippen molar-refractivity contribution in [1.29, 1.82) is 5.26 Å². The minimum atomic E-state index is -0.375. The topological polar surface area (TPSA) is 81.5 Å². The molecule has 1 aliphatic heterocycles. The molecule has 3 amide bonds. The summed E-state index contributed by atoms with van der Waals surface area (Å²) in [6.07, 6.45) is 0.812. The summed E-state index contributed by atoms with van der Waals surface area (Å²) < 4.78 is 0. The highest BCUT2D eigenvalue weighted by atomic mass is 16.2. The predicted octanol–water partition coefficient (Wildman–Crippen LogP) is 2.51. The zero-order valence-electron chi connectivity index (χ0n) is 15.0. The minimum Gasteiger partial charge on any atom is -0.341 e. The Labute approximate surface area is 157 Å². The van der Waals surface area contributed by atoms with Gasteiger partial charge in [-0.05, 0) is 30.2 Å². The van der Waals surface area contributed by atoms with Crippen molar-refractivity contribution in [2.75, 3.05) is 20.1 Å². The highest BCUT2D eigenvalue weighted by Crippen LogP contribution is 2.25. The van der Waals surface area contributed by atoms with Gasteiger partial charge in [0.1, 0.15) is 0 Å². The quantitative estimate of drug-likeness (QED) is 0.740. The SMILES string of the molecule is CN(CCC#N)C(=O)c1ccc2c(c1)C(=O)N(CCc1ccccc1)C2=O. The van der Waals surface area contributed by atoms with Crippen LogP contribution < -0.4 is 0 Å². The van der Waals surface area contributed by atoms with E-state index in [-0.39, 0.29) is 29.7 Å². The number of hydrogen-bond acceptors (Lipinski definition) is 4. The molecule has 0 unspecified atom stereocenters. The van der Waals surface area contributed by atoms with Gasteiger partial charge in [-0.25, -0.2) is 0 Å². The first-order valence-electron chi connectivity index (χ1n) is 8.69. The van der Waals surface area contributed by atoms with E-state index in [2.05, 4.69) is 0 Å². The zero-order chi connectivity index (χ0) is 19.4. The molecule has 3 rings (SSSR count). The molecule has 0 bridgehead atoms. The standard InChI is InChI=1S/C21H19N3O3/c1-23(12-5-11-22)19(25)16-8-9-17-18(14-16)21(27)24(20(17)26)13-10-15-6-3-2-4-7-15/h2-4,6-9,14H,5,10,12-13H2,1H3. The number of hydrogen-bond donors (Lipinski definition) is 0. The van der Waals surface area contributed by atoms with Gasteiger partial charge in [-0.2, -0.15) is 5.26 Å². The van der Waals surface area contributed by atoms with E-state index in [1.54, 1.807) is 13.1 Å². The van der Waals surface area contributed by atoms with Crippen molar-refractivity contribution in [3.8, 4) is 6.07 Å². The van der Waals surface area contributed by atoms with Gasteiger partial charge in [0.05, 0.1) is 23.6 Å². The molecule has 1 heterocycles. The molecule has 0 fully saturated rings. The summed E-state index contributed by atoms with van der Waals surface area (Å²) in [7, 11) is 1.60. The molecule has 0 aliphatic carbocycles. The maximum absolute atomic E-state index is 12.7. The summed E-state index contributed by atoms with van der Waals surface area (Å²) in [5.74, 6) is -0.987. The second kappa shape index (κ2) is 7.83. The smallest absolute Gasteiger partial charge is 0.261 e. The number of rotatable bonds is 6. The number of fused-ring (bicyclic) bond motifs is 1. The lowest BCUT2D eigenvalue weighted by Crippen LogP contribution is -2.31. The average Bonchev–Trinajstić information content (AvgIpc) is 2.94. The van der Waals surface area contributed by atoms with Gasteiger partial charge in [0.2, 0.25) is 0 Å². The molecule has 0 atom stereocenters. The van der Waals surface area contributed by atoms with Crippen LogP contribution in [-0.4, -0.2) is 47.7 Å². The molecule has 27 heavy (non-hydrogen) atoms. The van der Waals surface area contributed by atoms with E-state index < -0.39 is 0 Å². The van der Waals surface area contributed by atoms with E-state index >= 15 is 0 Å². The van der Waals surface area contributed by atoms with E-state index in [4.69, 9.17) is 5.26 Å². The highest BCUT2D eigenvalue weighted by molar-refractivity contribution is 6.22. The first kappa shape index (κ1) is 18.3. The summed E-state index contributed by atoms with van der Waals surface area (Å²) in [4.78, 5) is 40.3. The minimum absolute atomic E-state index is 0.234. The molecule has 0 aromatic heterocycles. The second-order valence-corrected chi connectivity index (χ2v) is 6.39. The van der Waals surface area contributed by atoms with Crippen LogP contribution in [0.1, 0.15) is 43.1 Å². The molecule has 136 valence electrons. The summed E-state index contributed by atoms with van der Waals surface area (Å²) in [6.45, 7) is 0.601. The van der Waals surface area contributed by atoms with E-state index in [9.17, 15) is 14.4 Å². The zero-order valence-corrected chi connectivity index (χ0v) is 15.0. The molecule has 0 spiro atoms. The number of imide groups is 1. The summed E-state index contributed by atoms with van der Waals surface area (Å²) in [6, 6.07) is 16.2. The Balaban J connectivity index is 1.76. The third-order valence-corrected chi connectivity index (χ3v) is 4.59. The second-order valence-electron chi connectivity index (χ2n) is 6.39. The molecule has 2 aromatic carbocycles. The third kappa shape index (κ3) is 3.72. The Hall–Kier alpha value is -3.46. The van der Waals surface area contributed by atoms with Gasteiger partial charge in [0, 0.05) is 25.7 Å². The Morgan fingerprint density at radius 2 is 1.78 bits per heavy atom. The van der Waals surface area contributed by atoms with E-state index in [1.165, 1.54) is 21.9 Å². The number of amides is 3. The van der Waals surface area contributed by atoms with E-state index in [0.29, 0.717) is 30.6 Å². The molecule has 6 heteroatoms. The number of benzene rings is 2. The maximum Gasteiger partial charge on any atom is 0.261 e. The Morgan fingerprint density at radius 3 is 2.48 bits per heavy atom. The molecular formula is C21H19N3O3. The number of nitriles is 1. The summed E-state index contributed by atoms with van der Waals surface area (Å²) in [5, 5.41) is 8.64. The lowest BCUT2D eigenvalue weighted by molar-refractivity contribution is 0.0655. The average molecular weight is 361 g/mol. The number of nitrogens with zero attached hydrogens (tertiary/aromatic N) is 3. The van der Waals surface area contributed by atoms with Crippen molar-refractivity contribution in [3.63, 3.8) is 0 Å². The molecule has 0 radical (unpaired) electrons. The van der Waals surface area contributed by atoms with Crippen LogP contribution in [0.25, 0.3) is 0 Å². The van der Waals surface area contributed by atoms with Gasteiger partial charge in [0.25, 0.3) is 17.7 Å². The van der Waals surface area contributed by atoms with E-state index in [0.717, 1.165) is 5.56 Å². The van der Waals surface area contributed by atoms with Crippen molar-refractivity contribution < 1.29 is 14.4 Å². The molecule has 2 aromatic rings. The molecule has 0 N–H and O–H groups in total. The van der Waals surface area contributed by atoms with Crippen molar-refractivity contribution in [2.24, 2.45) is 0 Å². The lowest BCUT2D eigenvalue weighted by atomic mass is 10.0. The van der Waals surface area contributed by atoms with Crippen LogP contribution in [0.2, 0.25) is 0 Å². The molecule has 1 aliphatic rings. The maximum atomic E-state index is 12.7. The van der Waals surface area contributed by atoms with Crippen LogP contribution in [0.5, 0.6) is 0 Å². The van der Waals surface area contributed by atoms with Crippen molar-refractivity contribution in [3.05, 3.63) is 70.8 Å². The summed E-state index contributed by atoms with van der Waals surface area (Å²) in [5.41, 5.74) is 1.96. The molecular weight excluding hydrogens is 342 g/mol. The van der Waals surface area contributed by atoms with Crippen molar-refractivity contribution in [2.45, 2.75) is 12.8 Å². The van der Waals surface area contributed by atoms with Crippen LogP contribution in [-0.2, 0) is 6.42 Å². The van der Waals surface area contributed by atoms with Crippen molar-refractivity contribution in [1.82, 2.24) is 9.80 Å². The van der Waals surface area contributed by atoms with Crippen LogP contribution in [0.3, 0.4) is 0 Å². The molecule has 0 saturated heterocycles. The van der Waals surface area contributed by atoms with Crippen LogP contribution >= 0.6 is 0 Å². The lowest BCUT2D eigenvalue weighted by Gasteiger charge is -2.15. The van der Waals surface area contributed by atoms with Gasteiger partial charge in [-0.1, -0.05) is 30.3 Å². The first-order chi connectivity index (χ1) is 13.0. The molecule has 0 saturated carbocycles. The fraction of sp³-hybridized carbons (Fsp3) is 0.238. The number of carbonyl (C=O) groups excluding carboxylic acids is 3.